The first-order valence-electron chi connectivity index (χ1n) is 6.32. The molecule has 5 heteroatoms. The maximum absolute atomic E-state index is 11.9. The third kappa shape index (κ3) is 3.62. The quantitative estimate of drug-likeness (QED) is 0.836. The Bertz CT molecular complexity index is 471. The van der Waals surface area contributed by atoms with Crippen LogP contribution in [0.25, 0.3) is 0 Å². The predicted molar refractivity (Wildman–Crippen MR) is 77.2 cm³/mol. The summed E-state index contributed by atoms with van der Waals surface area (Å²) >= 11 is 11.8. The standard InChI is InChI=1S/C14H17Cl2NO2/c1-9(2)17-6-10(7-17)13(18)8-19-14-4-3-11(15)5-12(14)16/h3-5,9-10H,6-8H2,1-2H3. The molecule has 0 bridgehead atoms. The molecule has 0 spiro atoms. The second-order valence-electron chi connectivity index (χ2n) is 5.07. The highest BCUT2D eigenvalue weighted by Crippen LogP contribution is 2.28. The molecule has 1 heterocycles. The zero-order valence-electron chi connectivity index (χ0n) is 11.0. The van der Waals surface area contributed by atoms with E-state index in [9.17, 15) is 4.79 Å². The summed E-state index contributed by atoms with van der Waals surface area (Å²) in [6.45, 7) is 5.98. The number of Topliss-reactive ketones (excluding diaryl/α,β-unsaturated/α-hetero) is 1. The predicted octanol–water partition coefficient (Wildman–Crippen LogP) is 3.28. The average molecular weight is 302 g/mol. The van der Waals surface area contributed by atoms with Crippen LogP contribution in [-0.4, -0.2) is 36.4 Å². The molecule has 0 amide bonds. The summed E-state index contributed by atoms with van der Waals surface area (Å²) in [6.07, 6.45) is 0. The Kier molecular flexibility index (Phi) is 4.71. The van der Waals surface area contributed by atoms with Gasteiger partial charge in [-0.1, -0.05) is 23.2 Å². The normalized spacial score (nSPS) is 16.5. The van der Waals surface area contributed by atoms with Crippen molar-refractivity contribution in [1.29, 1.82) is 0 Å². The van der Waals surface area contributed by atoms with Crippen LogP contribution in [0.2, 0.25) is 10.0 Å². The van der Waals surface area contributed by atoms with Gasteiger partial charge < -0.3 is 4.74 Å². The molecule has 0 saturated carbocycles. The van der Waals surface area contributed by atoms with Gasteiger partial charge in [-0.3, -0.25) is 9.69 Å². The van der Waals surface area contributed by atoms with Gasteiger partial charge in [0.15, 0.2) is 5.78 Å². The Morgan fingerprint density at radius 3 is 2.68 bits per heavy atom. The van der Waals surface area contributed by atoms with Gasteiger partial charge in [-0.2, -0.15) is 0 Å². The monoisotopic (exact) mass is 301 g/mol. The Labute approximate surface area is 123 Å². The lowest BCUT2D eigenvalue weighted by Gasteiger charge is -2.41. The molecule has 3 nitrogen and oxygen atoms in total. The number of hydrogen-bond donors (Lipinski definition) is 0. The first-order chi connectivity index (χ1) is 8.97. The van der Waals surface area contributed by atoms with Crippen molar-refractivity contribution in [2.45, 2.75) is 19.9 Å². The van der Waals surface area contributed by atoms with E-state index in [0.29, 0.717) is 21.8 Å². The van der Waals surface area contributed by atoms with E-state index in [-0.39, 0.29) is 18.3 Å². The van der Waals surface area contributed by atoms with Crippen molar-refractivity contribution in [2.75, 3.05) is 19.7 Å². The third-order valence-electron chi connectivity index (χ3n) is 3.36. The van der Waals surface area contributed by atoms with Crippen LogP contribution in [0.1, 0.15) is 13.8 Å². The summed E-state index contributed by atoms with van der Waals surface area (Å²) < 4.78 is 5.45. The number of carbonyl (C=O) groups is 1. The molecule has 19 heavy (non-hydrogen) atoms. The van der Waals surface area contributed by atoms with Crippen molar-refractivity contribution < 1.29 is 9.53 Å². The summed E-state index contributed by atoms with van der Waals surface area (Å²) in [7, 11) is 0. The highest BCUT2D eigenvalue weighted by molar-refractivity contribution is 6.35. The highest BCUT2D eigenvalue weighted by Gasteiger charge is 2.33. The molecule has 0 aromatic heterocycles. The number of ketones is 1. The van der Waals surface area contributed by atoms with E-state index in [1.54, 1.807) is 18.2 Å². The van der Waals surface area contributed by atoms with Gasteiger partial charge in [0.05, 0.1) is 5.02 Å². The van der Waals surface area contributed by atoms with E-state index >= 15 is 0 Å². The zero-order chi connectivity index (χ0) is 14.0. The van der Waals surface area contributed by atoms with Crippen molar-refractivity contribution >= 4 is 29.0 Å². The minimum absolute atomic E-state index is 0.0674. The van der Waals surface area contributed by atoms with E-state index in [1.807, 2.05) is 0 Å². The van der Waals surface area contributed by atoms with Crippen molar-refractivity contribution in [2.24, 2.45) is 5.92 Å². The number of hydrogen-bond acceptors (Lipinski definition) is 3. The molecule has 0 N–H and O–H groups in total. The lowest BCUT2D eigenvalue weighted by atomic mass is 9.94. The van der Waals surface area contributed by atoms with Crippen LogP contribution in [0.5, 0.6) is 5.75 Å². The first kappa shape index (κ1) is 14.6. The Morgan fingerprint density at radius 1 is 1.42 bits per heavy atom. The molecular formula is C14H17Cl2NO2. The lowest BCUT2D eigenvalue weighted by Crippen LogP contribution is -2.54. The maximum atomic E-state index is 11.9. The average Bonchev–Trinajstić information content (AvgIpc) is 2.25. The molecular weight excluding hydrogens is 285 g/mol. The van der Waals surface area contributed by atoms with Gasteiger partial charge in [0.1, 0.15) is 12.4 Å². The van der Waals surface area contributed by atoms with Crippen LogP contribution in [0, 0.1) is 5.92 Å². The second kappa shape index (κ2) is 6.12. The molecule has 1 saturated heterocycles. The van der Waals surface area contributed by atoms with Crippen molar-refractivity contribution in [3.63, 3.8) is 0 Å². The third-order valence-corrected chi connectivity index (χ3v) is 3.89. The molecule has 1 aromatic rings. The highest BCUT2D eigenvalue weighted by atomic mass is 35.5. The topological polar surface area (TPSA) is 29.5 Å². The second-order valence-corrected chi connectivity index (χ2v) is 5.92. The molecule has 1 aliphatic heterocycles. The molecule has 1 fully saturated rings. The summed E-state index contributed by atoms with van der Waals surface area (Å²) in [4.78, 5) is 14.2. The number of carbonyl (C=O) groups excluding carboxylic acids is 1. The minimum atomic E-state index is 0.0674. The molecule has 0 unspecified atom stereocenters. The zero-order valence-corrected chi connectivity index (χ0v) is 12.5. The van der Waals surface area contributed by atoms with Gasteiger partial charge in [0.25, 0.3) is 0 Å². The maximum Gasteiger partial charge on any atom is 0.175 e. The number of rotatable bonds is 5. The van der Waals surface area contributed by atoms with E-state index in [0.717, 1.165) is 13.1 Å². The van der Waals surface area contributed by atoms with Crippen molar-refractivity contribution in [3.05, 3.63) is 28.2 Å². The summed E-state index contributed by atoms with van der Waals surface area (Å²) in [6, 6.07) is 5.47. The van der Waals surface area contributed by atoms with Gasteiger partial charge in [0, 0.05) is 30.1 Å². The van der Waals surface area contributed by atoms with Gasteiger partial charge >= 0.3 is 0 Å². The fourth-order valence-corrected chi connectivity index (χ4v) is 2.46. The van der Waals surface area contributed by atoms with E-state index in [1.165, 1.54) is 0 Å². The Balaban J connectivity index is 1.81. The van der Waals surface area contributed by atoms with Gasteiger partial charge in [0.2, 0.25) is 0 Å². The van der Waals surface area contributed by atoms with Crippen LogP contribution in [-0.2, 0) is 4.79 Å². The fraction of sp³-hybridized carbons (Fsp3) is 0.500. The van der Waals surface area contributed by atoms with Crippen LogP contribution in [0.3, 0.4) is 0 Å². The molecule has 1 aliphatic rings. The number of benzene rings is 1. The van der Waals surface area contributed by atoms with Gasteiger partial charge in [-0.15, -0.1) is 0 Å². The Hall–Kier alpha value is -0.770. The van der Waals surface area contributed by atoms with E-state index < -0.39 is 0 Å². The molecule has 0 atom stereocenters. The number of halogens is 2. The minimum Gasteiger partial charge on any atom is -0.484 e. The summed E-state index contributed by atoms with van der Waals surface area (Å²) in [5, 5.41) is 0.980. The first-order valence-corrected chi connectivity index (χ1v) is 7.07. The van der Waals surface area contributed by atoms with Crippen LogP contribution < -0.4 is 4.74 Å². The van der Waals surface area contributed by atoms with Crippen LogP contribution in [0.4, 0.5) is 0 Å². The van der Waals surface area contributed by atoms with Crippen LogP contribution >= 0.6 is 23.2 Å². The number of nitrogens with zero attached hydrogens (tertiary/aromatic N) is 1. The molecule has 0 aliphatic carbocycles. The summed E-state index contributed by atoms with van der Waals surface area (Å²) in [5.74, 6) is 0.718. The van der Waals surface area contributed by atoms with Crippen LogP contribution in [0.15, 0.2) is 18.2 Å². The fourth-order valence-electron chi connectivity index (χ4n) is 2.00. The summed E-state index contributed by atoms with van der Waals surface area (Å²) in [5.41, 5.74) is 0. The Morgan fingerprint density at radius 2 is 2.11 bits per heavy atom. The molecule has 2 rings (SSSR count). The molecule has 0 radical (unpaired) electrons. The SMILES string of the molecule is CC(C)N1CC(C(=O)COc2ccc(Cl)cc2Cl)C1. The van der Waals surface area contributed by atoms with Gasteiger partial charge in [-0.05, 0) is 32.0 Å². The van der Waals surface area contributed by atoms with Crippen molar-refractivity contribution in [3.8, 4) is 5.75 Å². The lowest BCUT2D eigenvalue weighted by molar-refractivity contribution is -0.130. The largest absolute Gasteiger partial charge is 0.484 e. The van der Waals surface area contributed by atoms with E-state index in [2.05, 4.69) is 18.7 Å². The van der Waals surface area contributed by atoms with Gasteiger partial charge in [-0.25, -0.2) is 0 Å². The van der Waals surface area contributed by atoms with Crippen molar-refractivity contribution in [1.82, 2.24) is 4.90 Å². The van der Waals surface area contributed by atoms with E-state index in [4.69, 9.17) is 27.9 Å². The number of likely N-dealkylation sites (tertiary alicyclic amines) is 1. The molecule has 1 aromatic carbocycles. The smallest absolute Gasteiger partial charge is 0.175 e. The molecule has 104 valence electrons. The number of ether oxygens (including phenoxy) is 1.